The number of aliphatic hydroxyl groups excluding tert-OH is 2. The summed E-state index contributed by atoms with van der Waals surface area (Å²) in [5.41, 5.74) is 2.09. The van der Waals surface area contributed by atoms with Crippen molar-refractivity contribution in [3.63, 3.8) is 0 Å². The van der Waals surface area contributed by atoms with Crippen molar-refractivity contribution in [2.75, 3.05) is 25.6 Å². The van der Waals surface area contributed by atoms with Gasteiger partial charge in [0.05, 0.1) is 73.2 Å². The van der Waals surface area contributed by atoms with Crippen LogP contribution in [0.1, 0.15) is 52.4 Å². The smallest absolute Gasteiger partial charge is 0.178 e. The van der Waals surface area contributed by atoms with Crippen LogP contribution in [0.5, 0.6) is 0 Å². The third-order valence-electron chi connectivity index (χ3n) is 9.59. The number of aliphatic hydroxyl groups is 2. The molecule has 4 rings (SSSR count). The third kappa shape index (κ3) is 9.70. The van der Waals surface area contributed by atoms with Gasteiger partial charge in [-0.1, -0.05) is 63.4 Å². The number of sulfone groups is 1. The van der Waals surface area contributed by atoms with E-state index in [0.717, 1.165) is 36.8 Å². The first-order valence-electron chi connectivity index (χ1n) is 16.3. The minimum atomic E-state index is -3.57. The normalized spacial score (nSPS) is 33.2. The van der Waals surface area contributed by atoms with Crippen molar-refractivity contribution in [3.8, 4) is 0 Å². The Morgan fingerprint density at radius 2 is 1.80 bits per heavy atom. The Hall–Kier alpha value is -2.11. The Balaban J connectivity index is 1.40. The Labute approximate surface area is 269 Å². The molecule has 250 valence electrons. The lowest BCUT2D eigenvalue weighted by Crippen LogP contribution is -2.38. The molecule has 0 aliphatic carbocycles. The van der Waals surface area contributed by atoms with E-state index >= 15 is 0 Å². The maximum Gasteiger partial charge on any atom is 0.178 e. The van der Waals surface area contributed by atoms with Gasteiger partial charge in [0.1, 0.15) is 0 Å². The zero-order valence-electron chi connectivity index (χ0n) is 26.8. The second kappa shape index (κ2) is 16.6. The van der Waals surface area contributed by atoms with Gasteiger partial charge in [-0.15, -0.1) is 6.58 Å². The molecular formula is C36H52O8S. The van der Waals surface area contributed by atoms with E-state index in [0.29, 0.717) is 19.6 Å². The fourth-order valence-corrected chi connectivity index (χ4v) is 8.67. The largest absolute Gasteiger partial charge is 0.394 e. The van der Waals surface area contributed by atoms with Crippen LogP contribution >= 0.6 is 0 Å². The van der Waals surface area contributed by atoms with E-state index in [1.165, 1.54) is 0 Å². The Morgan fingerprint density at radius 3 is 2.51 bits per heavy atom. The summed E-state index contributed by atoms with van der Waals surface area (Å²) in [5.74, 6) is -0.268. The van der Waals surface area contributed by atoms with E-state index in [1.807, 2.05) is 19.1 Å². The predicted octanol–water partition coefficient (Wildman–Crippen LogP) is 5.22. The molecule has 3 fully saturated rings. The van der Waals surface area contributed by atoms with Crippen LogP contribution in [-0.4, -0.2) is 86.9 Å². The van der Waals surface area contributed by atoms with Crippen LogP contribution in [0.3, 0.4) is 0 Å². The van der Waals surface area contributed by atoms with Crippen LogP contribution < -0.4 is 0 Å². The highest BCUT2D eigenvalue weighted by atomic mass is 32.2. The molecular weight excluding hydrogens is 592 g/mol. The van der Waals surface area contributed by atoms with Crippen molar-refractivity contribution >= 4 is 9.84 Å². The topological polar surface area (TPSA) is 112 Å². The molecule has 3 heterocycles. The van der Waals surface area contributed by atoms with E-state index < -0.39 is 22.0 Å². The molecule has 1 aromatic carbocycles. The number of ether oxygens (including phenoxy) is 4. The minimum Gasteiger partial charge on any atom is -0.394 e. The molecule has 9 heteroatoms. The summed E-state index contributed by atoms with van der Waals surface area (Å²) in [4.78, 5) is 0.288. The molecule has 10 atom stereocenters. The second-order valence-electron chi connectivity index (χ2n) is 13.0. The van der Waals surface area contributed by atoms with E-state index in [-0.39, 0.29) is 71.9 Å². The van der Waals surface area contributed by atoms with Gasteiger partial charge in [0, 0.05) is 25.2 Å². The molecule has 1 aromatic rings. The fourth-order valence-electron chi connectivity index (χ4n) is 6.88. The van der Waals surface area contributed by atoms with Gasteiger partial charge in [-0.3, -0.25) is 0 Å². The van der Waals surface area contributed by atoms with Crippen LogP contribution in [0.4, 0.5) is 0 Å². The SMILES string of the molecule is C=CCOC/C=C/[C@H]1CC(=C)C(CC[C@H]2C[C@@H](C)C(=C)C(C[C@@H]3O[C@H](C[C@H](O)CO)[C@H](C)[C@H]3CS(=O)(=O)c3ccccc3)O2)O1. The fraction of sp³-hybridized carbons (Fsp3) is 0.611. The molecule has 0 spiro atoms. The van der Waals surface area contributed by atoms with Crippen molar-refractivity contribution < 1.29 is 37.6 Å². The quantitative estimate of drug-likeness (QED) is 0.186. The molecule has 0 radical (unpaired) electrons. The first-order valence-corrected chi connectivity index (χ1v) is 17.9. The van der Waals surface area contributed by atoms with Gasteiger partial charge in [-0.05, 0) is 54.4 Å². The van der Waals surface area contributed by atoms with E-state index in [1.54, 1.807) is 36.4 Å². The summed E-state index contributed by atoms with van der Waals surface area (Å²) in [5, 5.41) is 19.7. The summed E-state index contributed by atoms with van der Waals surface area (Å²) in [6.07, 6.45) is 7.73. The Kier molecular flexibility index (Phi) is 13.2. The lowest BCUT2D eigenvalue weighted by molar-refractivity contribution is -0.0759. The van der Waals surface area contributed by atoms with Crippen molar-refractivity contribution in [3.05, 3.63) is 79.4 Å². The highest BCUT2D eigenvalue weighted by molar-refractivity contribution is 7.91. The van der Waals surface area contributed by atoms with Gasteiger partial charge in [0.25, 0.3) is 0 Å². The minimum absolute atomic E-state index is 0.00328. The molecule has 0 amide bonds. The van der Waals surface area contributed by atoms with Gasteiger partial charge >= 0.3 is 0 Å². The summed E-state index contributed by atoms with van der Waals surface area (Å²) in [7, 11) is -3.57. The molecule has 0 aromatic heterocycles. The van der Waals surface area contributed by atoms with Crippen molar-refractivity contribution in [1.29, 1.82) is 0 Å². The number of hydrogen-bond acceptors (Lipinski definition) is 8. The lowest BCUT2D eigenvalue weighted by atomic mass is 9.82. The Morgan fingerprint density at radius 1 is 1.04 bits per heavy atom. The molecule has 2 unspecified atom stereocenters. The highest BCUT2D eigenvalue weighted by Gasteiger charge is 2.46. The van der Waals surface area contributed by atoms with Gasteiger partial charge < -0.3 is 29.2 Å². The van der Waals surface area contributed by atoms with E-state index in [2.05, 4.69) is 26.7 Å². The molecule has 3 aliphatic rings. The zero-order chi connectivity index (χ0) is 32.6. The van der Waals surface area contributed by atoms with Crippen LogP contribution in [-0.2, 0) is 28.8 Å². The summed E-state index contributed by atoms with van der Waals surface area (Å²) in [6.45, 7) is 17.1. The average molecular weight is 645 g/mol. The van der Waals surface area contributed by atoms with Gasteiger partial charge in [-0.2, -0.15) is 0 Å². The molecule has 0 saturated carbocycles. The number of benzene rings is 1. The van der Waals surface area contributed by atoms with Gasteiger partial charge in [0.15, 0.2) is 9.84 Å². The Bertz CT molecular complexity index is 1260. The van der Waals surface area contributed by atoms with E-state index in [4.69, 9.17) is 18.9 Å². The van der Waals surface area contributed by atoms with Gasteiger partial charge in [0.2, 0.25) is 0 Å². The highest BCUT2D eigenvalue weighted by Crippen LogP contribution is 2.42. The molecule has 0 bridgehead atoms. The first kappa shape index (κ1) is 35.7. The molecule has 2 N–H and O–H groups in total. The van der Waals surface area contributed by atoms with Gasteiger partial charge in [-0.25, -0.2) is 8.42 Å². The average Bonchev–Trinajstić information content (AvgIpc) is 3.51. The molecule has 3 aliphatic heterocycles. The lowest BCUT2D eigenvalue weighted by Gasteiger charge is -2.38. The monoisotopic (exact) mass is 644 g/mol. The first-order chi connectivity index (χ1) is 21.5. The maximum absolute atomic E-state index is 13.5. The summed E-state index contributed by atoms with van der Waals surface area (Å²) >= 11 is 0. The molecule has 45 heavy (non-hydrogen) atoms. The van der Waals surface area contributed by atoms with Crippen molar-refractivity contribution in [1.82, 2.24) is 0 Å². The van der Waals surface area contributed by atoms with E-state index in [9.17, 15) is 18.6 Å². The van der Waals surface area contributed by atoms with Crippen molar-refractivity contribution in [2.24, 2.45) is 17.8 Å². The molecule has 3 saturated heterocycles. The second-order valence-corrected chi connectivity index (χ2v) is 15.0. The van der Waals surface area contributed by atoms with Crippen LogP contribution in [0.25, 0.3) is 0 Å². The van der Waals surface area contributed by atoms with Crippen LogP contribution in [0.15, 0.2) is 84.3 Å². The standard InChI is InChI=1S/C36H52O8S/c1-6-16-41-17-10-11-29-19-25(3)33(42-29)15-14-30-18-24(2)26(4)35(43-30)21-36-32(27(5)34(44-36)20-28(38)22-37)23-45(39,40)31-12-8-7-9-13-31/h6-13,24,27-30,32-38H,1,3-4,14-23H2,2,5H3/b11-10+/t24-,27-,28+,29+,30+,32-,33?,34-,35?,36+/m1/s1. The van der Waals surface area contributed by atoms with Crippen LogP contribution in [0.2, 0.25) is 0 Å². The molecule has 8 nitrogen and oxygen atoms in total. The summed E-state index contributed by atoms with van der Waals surface area (Å²) < 4.78 is 51.7. The van der Waals surface area contributed by atoms with Crippen molar-refractivity contribution in [2.45, 2.75) is 100.0 Å². The number of hydrogen-bond donors (Lipinski definition) is 2. The predicted molar refractivity (Wildman–Crippen MR) is 176 cm³/mol. The third-order valence-corrected chi connectivity index (χ3v) is 11.4. The maximum atomic E-state index is 13.5. The summed E-state index contributed by atoms with van der Waals surface area (Å²) in [6, 6.07) is 8.49. The van der Waals surface area contributed by atoms with Crippen LogP contribution in [0, 0.1) is 17.8 Å². The number of rotatable bonds is 16. The zero-order valence-corrected chi connectivity index (χ0v) is 27.7.